The summed E-state index contributed by atoms with van der Waals surface area (Å²) in [6.45, 7) is 6.32. The lowest BCUT2D eigenvalue weighted by Crippen LogP contribution is -2.16. The number of carbonyl (C=O) groups excluding carboxylic acids is 1. The number of amides is 1. The molecule has 5 heteroatoms. The minimum absolute atomic E-state index is 0.0134. The molecule has 128 valence electrons. The highest BCUT2D eigenvalue weighted by atomic mass is 16.1. The first-order chi connectivity index (χ1) is 11.8. The molecule has 0 aromatic heterocycles. The van der Waals surface area contributed by atoms with Crippen LogP contribution in [-0.4, -0.2) is 5.91 Å². The normalized spacial score (nSPS) is 11.5. The fourth-order valence-electron chi connectivity index (χ4n) is 2.33. The van der Waals surface area contributed by atoms with E-state index in [-0.39, 0.29) is 11.0 Å². The van der Waals surface area contributed by atoms with E-state index in [0.29, 0.717) is 11.4 Å². The zero-order chi connectivity index (χ0) is 18.4. The smallest absolute Gasteiger partial charge is 0.267 e. The molecule has 0 unspecified atom stereocenters. The van der Waals surface area contributed by atoms with E-state index in [4.69, 9.17) is 5.73 Å². The van der Waals surface area contributed by atoms with Gasteiger partial charge >= 0.3 is 0 Å². The Kier molecular flexibility index (Phi) is 5.45. The molecule has 0 saturated carbocycles. The molecule has 5 nitrogen and oxygen atoms in total. The average molecular weight is 334 g/mol. The van der Waals surface area contributed by atoms with Crippen molar-refractivity contribution in [3.8, 4) is 6.07 Å². The lowest BCUT2D eigenvalue weighted by atomic mass is 9.86. The van der Waals surface area contributed by atoms with Crippen LogP contribution in [0.3, 0.4) is 0 Å². The molecule has 2 aromatic carbocycles. The molecule has 2 aromatic rings. The lowest BCUT2D eigenvalue weighted by Gasteiger charge is -2.22. The summed E-state index contributed by atoms with van der Waals surface area (Å²) in [6, 6.07) is 16.5. The van der Waals surface area contributed by atoms with Crippen LogP contribution >= 0.6 is 0 Å². The number of nitrogens with one attached hydrogen (secondary N) is 2. The molecule has 0 saturated heterocycles. The number of carbonyl (C=O) groups is 1. The van der Waals surface area contributed by atoms with E-state index < -0.39 is 5.91 Å². The van der Waals surface area contributed by atoms with Gasteiger partial charge in [-0.05, 0) is 41.3 Å². The van der Waals surface area contributed by atoms with E-state index in [1.165, 1.54) is 6.20 Å². The van der Waals surface area contributed by atoms with Crippen LogP contribution in [0.4, 0.5) is 17.1 Å². The van der Waals surface area contributed by atoms with Gasteiger partial charge in [-0.2, -0.15) is 5.26 Å². The largest absolute Gasteiger partial charge is 0.399 e. The Bertz CT molecular complexity index is 824. The van der Waals surface area contributed by atoms with Gasteiger partial charge in [-0.15, -0.1) is 0 Å². The molecule has 2 rings (SSSR count). The summed E-state index contributed by atoms with van der Waals surface area (Å²) >= 11 is 0. The number of hydrogen-bond donors (Lipinski definition) is 3. The van der Waals surface area contributed by atoms with Crippen molar-refractivity contribution in [1.29, 1.82) is 5.26 Å². The van der Waals surface area contributed by atoms with E-state index in [9.17, 15) is 10.1 Å². The maximum absolute atomic E-state index is 12.3. The number of anilines is 3. The van der Waals surface area contributed by atoms with Crippen LogP contribution in [0.5, 0.6) is 0 Å². The first kappa shape index (κ1) is 18.1. The first-order valence-corrected chi connectivity index (χ1v) is 7.94. The van der Waals surface area contributed by atoms with Crippen molar-refractivity contribution in [2.45, 2.75) is 26.2 Å². The molecule has 25 heavy (non-hydrogen) atoms. The zero-order valence-corrected chi connectivity index (χ0v) is 14.6. The number of rotatable bonds is 4. The predicted octanol–water partition coefficient (Wildman–Crippen LogP) is 4.02. The molecular weight excluding hydrogens is 312 g/mol. The van der Waals surface area contributed by atoms with Crippen molar-refractivity contribution >= 4 is 23.0 Å². The van der Waals surface area contributed by atoms with Gasteiger partial charge in [0, 0.05) is 23.3 Å². The van der Waals surface area contributed by atoms with Gasteiger partial charge in [0.1, 0.15) is 11.6 Å². The first-order valence-electron chi connectivity index (χ1n) is 7.94. The fourth-order valence-corrected chi connectivity index (χ4v) is 2.33. The molecule has 1 amide bonds. The zero-order valence-electron chi connectivity index (χ0n) is 14.6. The molecule has 0 atom stereocenters. The number of para-hydroxylation sites is 1. The van der Waals surface area contributed by atoms with Gasteiger partial charge in [0.05, 0.1) is 0 Å². The Morgan fingerprint density at radius 1 is 1.12 bits per heavy atom. The lowest BCUT2D eigenvalue weighted by molar-refractivity contribution is -0.112. The number of nitriles is 1. The van der Waals surface area contributed by atoms with Gasteiger partial charge < -0.3 is 16.4 Å². The molecule has 0 bridgehead atoms. The second-order valence-corrected chi connectivity index (χ2v) is 6.69. The van der Waals surface area contributed by atoms with Crippen LogP contribution in [0.15, 0.2) is 60.3 Å². The molecular formula is C20H22N4O. The third-order valence-electron chi connectivity index (χ3n) is 3.64. The van der Waals surface area contributed by atoms with Crippen molar-refractivity contribution in [2.24, 2.45) is 0 Å². The minimum Gasteiger partial charge on any atom is -0.399 e. The second kappa shape index (κ2) is 7.54. The van der Waals surface area contributed by atoms with Crippen LogP contribution in [0.1, 0.15) is 26.3 Å². The Morgan fingerprint density at radius 3 is 2.36 bits per heavy atom. The van der Waals surface area contributed by atoms with E-state index in [1.807, 2.05) is 30.3 Å². The predicted molar refractivity (Wildman–Crippen MR) is 102 cm³/mol. The summed E-state index contributed by atoms with van der Waals surface area (Å²) in [5.41, 5.74) is 8.69. The molecule has 0 heterocycles. The Labute approximate surface area is 148 Å². The van der Waals surface area contributed by atoms with Crippen LogP contribution in [0.25, 0.3) is 0 Å². The summed E-state index contributed by atoms with van der Waals surface area (Å²) in [4.78, 5) is 12.3. The van der Waals surface area contributed by atoms with Gasteiger partial charge in [-0.1, -0.05) is 39.0 Å². The summed E-state index contributed by atoms with van der Waals surface area (Å²) in [5, 5.41) is 15.0. The number of nitrogens with zero attached hydrogens (tertiary/aromatic N) is 1. The van der Waals surface area contributed by atoms with Gasteiger partial charge in [0.15, 0.2) is 0 Å². The van der Waals surface area contributed by atoms with E-state index in [0.717, 1.165) is 11.3 Å². The number of nitrogens with two attached hydrogens (primary N) is 1. The summed E-state index contributed by atoms with van der Waals surface area (Å²) < 4.78 is 0. The molecule has 4 N–H and O–H groups in total. The number of hydrogen-bond acceptors (Lipinski definition) is 4. The maximum Gasteiger partial charge on any atom is 0.267 e. The fraction of sp³-hybridized carbons (Fsp3) is 0.200. The van der Waals surface area contributed by atoms with Crippen LogP contribution in [-0.2, 0) is 10.2 Å². The number of benzene rings is 2. The van der Waals surface area contributed by atoms with Gasteiger partial charge in [0.2, 0.25) is 0 Å². The Hall–Kier alpha value is -3.26. The molecule has 0 aliphatic carbocycles. The topological polar surface area (TPSA) is 90.9 Å². The van der Waals surface area contributed by atoms with E-state index in [1.54, 1.807) is 24.3 Å². The quantitative estimate of drug-likeness (QED) is 0.447. The van der Waals surface area contributed by atoms with Gasteiger partial charge in [-0.3, -0.25) is 4.79 Å². The highest BCUT2D eigenvalue weighted by molar-refractivity contribution is 6.06. The SMILES string of the molecule is CC(C)(C)c1ccccc1N/C=C(/C#N)C(=O)Nc1ccc(N)cc1. The highest BCUT2D eigenvalue weighted by Gasteiger charge is 2.17. The minimum atomic E-state index is -0.479. The van der Waals surface area contributed by atoms with Crippen molar-refractivity contribution in [1.82, 2.24) is 0 Å². The average Bonchev–Trinajstić information content (AvgIpc) is 2.57. The molecule has 0 radical (unpaired) electrons. The van der Waals surface area contributed by atoms with Gasteiger partial charge in [0.25, 0.3) is 5.91 Å². The third kappa shape index (κ3) is 4.85. The summed E-state index contributed by atoms with van der Waals surface area (Å²) in [5.74, 6) is -0.479. The van der Waals surface area contributed by atoms with Crippen LogP contribution in [0, 0.1) is 11.3 Å². The van der Waals surface area contributed by atoms with E-state index >= 15 is 0 Å². The van der Waals surface area contributed by atoms with Crippen LogP contribution in [0.2, 0.25) is 0 Å². The second-order valence-electron chi connectivity index (χ2n) is 6.69. The van der Waals surface area contributed by atoms with Gasteiger partial charge in [-0.25, -0.2) is 0 Å². The number of nitrogen functional groups attached to an aromatic ring is 1. The standard InChI is InChI=1S/C20H22N4O/c1-20(2,3)17-6-4-5-7-18(17)23-13-14(12-21)19(25)24-16-10-8-15(22)9-11-16/h4-11,13,23H,22H2,1-3H3,(H,24,25)/b14-13-. The van der Waals surface area contributed by atoms with Crippen molar-refractivity contribution in [3.05, 3.63) is 65.9 Å². The molecule has 0 aliphatic rings. The monoisotopic (exact) mass is 334 g/mol. The maximum atomic E-state index is 12.3. The van der Waals surface area contributed by atoms with Crippen molar-refractivity contribution in [2.75, 3.05) is 16.4 Å². The van der Waals surface area contributed by atoms with Crippen LogP contribution < -0.4 is 16.4 Å². The Morgan fingerprint density at radius 2 is 1.76 bits per heavy atom. The highest BCUT2D eigenvalue weighted by Crippen LogP contribution is 2.29. The van der Waals surface area contributed by atoms with Crippen molar-refractivity contribution in [3.63, 3.8) is 0 Å². The van der Waals surface area contributed by atoms with E-state index in [2.05, 4.69) is 31.4 Å². The molecule has 0 aliphatic heterocycles. The molecule has 0 fully saturated rings. The summed E-state index contributed by atoms with van der Waals surface area (Å²) in [6.07, 6.45) is 1.43. The Balaban J connectivity index is 2.17. The third-order valence-corrected chi connectivity index (χ3v) is 3.64. The van der Waals surface area contributed by atoms with Crippen molar-refractivity contribution < 1.29 is 4.79 Å². The molecule has 0 spiro atoms. The summed E-state index contributed by atoms with van der Waals surface area (Å²) in [7, 11) is 0.